The van der Waals surface area contributed by atoms with Crippen LogP contribution >= 0.6 is 0 Å². The number of fused-ring (bicyclic) bond motifs is 1. The number of carbonyl (C=O) groups excluding carboxylic acids is 5. The molecule has 0 spiro atoms. The first-order valence-electron chi connectivity index (χ1n) is 18.9. The van der Waals surface area contributed by atoms with E-state index >= 15 is 0 Å². The van der Waals surface area contributed by atoms with Crippen molar-refractivity contribution in [3.63, 3.8) is 0 Å². The van der Waals surface area contributed by atoms with Gasteiger partial charge in [0.05, 0.1) is 22.6 Å². The molecular weight excluding hydrogens is 646 g/mol. The number of sulfone groups is 1. The first kappa shape index (κ1) is 37.6. The Morgan fingerprint density at radius 3 is 2.22 bits per heavy atom. The Labute approximate surface area is 292 Å². The molecule has 0 unspecified atom stereocenters. The van der Waals surface area contributed by atoms with Crippen LogP contribution in [0.3, 0.4) is 0 Å². The number of hydrogen-bond acceptors (Lipinski definition) is 7. The molecule has 49 heavy (non-hydrogen) atoms. The van der Waals surface area contributed by atoms with Crippen LogP contribution in [0.2, 0.25) is 0 Å². The highest BCUT2D eigenvalue weighted by Gasteiger charge is 2.53. The minimum atomic E-state index is -3.38. The third-order valence-electron chi connectivity index (χ3n) is 11.8. The largest absolute Gasteiger partial charge is 0.349 e. The average Bonchev–Trinajstić information content (AvgIpc) is 3.62. The molecule has 3 aliphatic carbocycles. The highest BCUT2D eigenvalue weighted by atomic mass is 32.2. The summed E-state index contributed by atoms with van der Waals surface area (Å²) in [4.78, 5) is 70.0. The van der Waals surface area contributed by atoms with Crippen LogP contribution in [0.4, 0.5) is 4.79 Å². The second-order valence-electron chi connectivity index (χ2n) is 16.6. The predicted molar refractivity (Wildman–Crippen MR) is 186 cm³/mol. The standard InChI is InChI=1S/C36H59N5O7S/c1-5-19-37-32(44)29(42)26(21-23-15-16-23)38-31(43)28-25-13-11-12-24(25)22-41(28)33(45)30(35(2,3)4)39-34(46)40-36(17-8-6-9-18-36)27-14-7-10-20-49(27,47)48/h23-28,30H,5-22H2,1-4H3,(H,37,44)(H,38,43)(H2,39,40,46)/t24-,25-,26-,27-,28-,30+/m0/s1. The highest BCUT2D eigenvalue weighted by molar-refractivity contribution is 7.92. The summed E-state index contributed by atoms with van der Waals surface area (Å²) in [5.41, 5.74) is -1.61. The zero-order valence-electron chi connectivity index (χ0n) is 30.0. The zero-order chi connectivity index (χ0) is 35.6. The maximum absolute atomic E-state index is 14.6. The Kier molecular flexibility index (Phi) is 11.7. The Balaban J connectivity index is 1.35. The molecule has 0 aromatic heterocycles. The fraction of sp³-hybridized carbons (Fsp3) is 0.861. The maximum Gasteiger partial charge on any atom is 0.315 e. The van der Waals surface area contributed by atoms with Crippen molar-refractivity contribution in [3.05, 3.63) is 0 Å². The number of likely N-dealkylation sites (tertiary alicyclic amines) is 1. The van der Waals surface area contributed by atoms with E-state index in [4.69, 9.17) is 0 Å². The van der Waals surface area contributed by atoms with Gasteiger partial charge in [0.1, 0.15) is 12.1 Å². The van der Waals surface area contributed by atoms with Gasteiger partial charge in [-0.15, -0.1) is 0 Å². The molecule has 5 rings (SSSR count). The lowest BCUT2D eigenvalue weighted by Gasteiger charge is -2.45. The summed E-state index contributed by atoms with van der Waals surface area (Å²) in [7, 11) is -3.38. The summed E-state index contributed by atoms with van der Waals surface area (Å²) in [5.74, 6) is -1.70. The molecule has 12 nitrogen and oxygen atoms in total. The van der Waals surface area contributed by atoms with Crippen molar-refractivity contribution < 1.29 is 32.4 Å². The summed E-state index contributed by atoms with van der Waals surface area (Å²) in [6, 6.07) is -3.34. The fourth-order valence-electron chi connectivity index (χ4n) is 9.02. The van der Waals surface area contributed by atoms with E-state index in [2.05, 4.69) is 21.3 Å². The maximum atomic E-state index is 14.6. The van der Waals surface area contributed by atoms with Crippen molar-refractivity contribution in [2.45, 2.75) is 153 Å². The van der Waals surface area contributed by atoms with Gasteiger partial charge in [-0.3, -0.25) is 19.2 Å². The van der Waals surface area contributed by atoms with Crippen molar-refractivity contribution in [3.8, 4) is 0 Å². The van der Waals surface area contributed by atoms with E-state index in [0.717, 1.165) is 57.8 Å². The quantitative estimate of drug-likeness (QED) is 0.226. The van der Waals surface area contributed by atoms with Crippen LogP contribution in [0, 0.1) is 23.2 Å². The third kappa shape index (κ3) is 8.61. The number of nitrogens with zero attached hydrogens (tertiary/aromatic N) is 1. The average molecular weight is 706 g/mol. The molecule has 2 heterocycles. The molecule has 5 amide bonds. The van der Waals surface area contributed by atoms with Gasteiger partial charge in [-0.2, -0.15) is 0 Å². The number of rotatable bonds is 12. The summed E-state index contributed by atoms with van der Waals surface area (Å²) >= 11 is 0. The second kappa shape index (κ2) is 15.3. The first-order chi connectivity index (χ1) is 23.2. The molecule has 0 bridgehead atoms. The topological polar surface area (TPSA) is 171 Å². The number of urea groups is 1. The van der Waals surface area contributed by atoms with E-state index in [1.54, 1.807) is 4.90 Å². The summed E-state index contributed by atoms with van der Waals surface area (Å²) in [6.07, 6.45) is 11.3. The number of hydrogen-bond donors (Lipinski definition) is 4. The first-order valence-corrected chi connectivity index (χ1v) is 20.6. The van der Waals surface area contributed by atoms with E-state index in [1.165, 1.54) is 0 Å². The molecule has 0 aromatic rings. The van der Waals surface area contributed by atoms with Crippen LogP contribution < -0.4 is 21.3 Å². The van der Waals surface area contributed by atoms with Crippen LogP contribution in [-0.4, -0.2) is 90.6 Å². The lowest BCUT2D eigenvalue weighted by Crippen LogP contribution is -2.66. The third-order valence-corrected chi connectivity index (χ3v) is 14.2. The van der Waals surface area contributed by atoms with Gasteiger partial charge in [-0.05, 0) is 74.5 Å². The number of Topliss-reactive ketones (excluding diaryl/α,β-unsaturated/α-hetero) is 1. The summed E-state index contributed by atoms with van der Waals surface area (Å²) in [6.45, 7) is 8.24. The zero-order valence-corrected chi connectivity index (χ0v) is 30.8. The van der Waals surface area contributed by atoms with E-state index in [0.29, 0.717) is 51.6 Å². The van der Waals surface area contributed by atoms with Crippen LogP contribution in [0.25, 0.3) is 0 Å². The molecule has 276 valence electrons. The van der Waals surface area contributed by atoms with E-state index in [1.807, 2.05) is 27.7 Å². The van der Waals surface area contributed by atoms with Gasteiger partial charge >= 0.3 is 6.03 Å². The Hall–Kier alpha value is -2.70. The molecule has 2 aliphatic heterocycles. The van der Waals surface area contributed by atoms with Crippen molar-refractivity contribution in [1.82, 2.24) is 26.2 Å². The van der Waals surface area contributed by atoms with Gasteiger partial charge in [-0.1, -0.05) is 72.6 Å². The van der Waals surface area contributed by atoms with Crippen LogP contribution in [0.1, 0.15) is 124 Å². The lowest BCUT2D eigenvalue weighted by atomic mass is 9.77. The van der Waals surface area contributed by atoms with Crippen molar-refractivity contribution >= 4 is 39.4 Å². The van der Waals surface area contributed by atoms with Crippen LogP contribution in [-0.2, 0) is 29.0 Å². The van der Waals surface area contributed by atoms with E-state index in [-0.39, 0.29) is 29.4 Å². The summed E-state index contributed by atoms with van der Waals surface area (Å²) in [5, 5.41) is 11.0. The molecule has 4 N–H and O–H groups in total. The van der Waals surface area contributed by atoms with Crippen molar-refractivity contribution in [2.75, 3.05) is 18.8 Å². The number of ketones is 1. The second-order valence-corrected chi connectivity index (χ2v) is 18.9. The van der Waals surface area contributed by atoms with Crippen molar-refractivity contribution in [1.29, 1.82) is 0 Å². The van der Waals surface area contributed by atoms with Gasteiger partial charge in [0, 0.05) is 13.1 Å². The normalized spacial score (nSPS) is 28.9. The molecule has 5 fully saturated rings. The van der Waals surface area contributed by atoms with Gasteiger partial charge < -0.3 is 26.2 Å². The highest BCUT2D eigenvalue weighted by Crippen LogP contribution is 2.44. The minimum Gasteiger partial charge on any atom is -0.349 e. The van der Waals surface area contributed by atoms with Gasteiger partial charge in [0.25, 0.3) is 5.91 Å². The molecule has 5 aliphatic rings. The Morgan fingerprint density at radius 1 is 0.878 bits per heavy atom. The smallest absolute Gasteiger partial charge is 0.315 e. The van der Waals surface area contributed by atoms with E-state index < -0.39 is 67.8 Å². The van der Waals surface area contributed by atoms with Crippen LogP contribution in [0.5, 0.6) is 0 Å². The van der Waals surface area contributed by atoms with Gasteiger partial charge in [0.15, 0.2) is 9.84 Å². The molecule has 6 atom stereocenters. The Bertz CT molecular complexity index is 1370. The van der Waals surface area contributed by atoms with E-state index in [9.17, 15) is 32.4 Å². The number of carbonyl (C=O) groups is 5. The predicted octanol–water partition coefficient (Wildman–Crippen LogP) is 3.38. The molecule has 0 radical (unpaired) electrons. The molecule has 3 saturated carbocycles. The minimum absolute atomic E-state index is 0.0778. The molecule has 2 saturated heterocycles. The van der Waals surface area contributed by atoms with Gasteiger partial charge in [-0.25, -0.2) is 13.2 Å². The monoisotopic (exact) mass is 705 g/mol. The molecule has 0 aromatic carbocycles. The summed E-state index contributed by atoms with van der Waals surface area (Å²) < 4.78 is 26.6. The SMILES string of the molecule is CCCNC(=O)C(=O)[C@H](CC1CC1)NC(=O)[C@@H]1[C@H]2CCC[C@H]2CN1C(=O)[C@@H](NC(=O)NC1([C@@H]2CCCCS2(=O)=O)CCCCC1)C(C)(C)C. The Morgan fingerprint density at radius 2 is 1.59 bits per heavy atom. The molecule has 13 heteroatoms. The van der Waals surface area contributed by atoms with Crippen LogP contribution in [0.15, 0.2) is 0 Å². The van der Waals surface area contributed by atoms with Gasteiger partial charge in [0.2, 0.25) is 17.6 Å². The lowest BCUT2D eigenvalue weighted by molar-refractivity contribution is -0.144. The fourth-order valence-corrected chi connectivity index (χ4v) is 11.4. The number of amides is 5. The van der Waals surface area contributed by atoms with Crippen molar-refractivity contribution in [2.24, 2.45) is 23.2 Å². The number of nitrogens with one attached hydrogen (secondary N) is 4. The molecular formula is C36H59N5O7S.